The number of hydrogen-bond donors (Lipinski definition) is 5. The lowest BCUT2D eigenvalue weighted by Crippen LogP contribution is -2.39. The van der Waals surface area contributed by atoms with Crippen molar-refractivity contribution in [1.29, 1.82) is 5.41 Å². The van der Waals surface area contributed by atoms with Crippen LogP contribution >= 0.6 is 11.3 Å². The summed E-state index contributed by atoms with van der Waals surface area (Å²) >= 11 is 1.42. The fourth-order valence-corrected chi connectivity index (χ4v) is 3.86. The quantitative estimate of drug-likeness (QED) is 0.363. The molecule has 1 aromatic carbocycles. The molecule has 2 heterocycles. The Morgan fingerprint density at radius 2 is 2.00 bits per heavy atom. The molecule has 1 amide bonds. The molecule has 8 N–H and O–H groups in total. The number of aliphatic imine (C=N–C) groups is 1. The van der Waals surface area contributed by atoms with Crippen LogP contribution in [0, 0.1) is 5.41 Å². The molecule has 0 spiro atoms. The fourth-order valence-electron chi connectivity index (χ4n) is 3.04. The summed E-state index contributed by atoms with van der Waals surface area (Å²) in [4.78, 5) is 19.0. The first-order valence-corrected chi connectivity index (χ1v) is 10.1. The smallest absolute Gasteiger partial charge is 0.265 e. The SMILES string of the molecule is N=C(N)N1CC=C(c2csc(C(=O)Nc3ccc(CCN=C(N)N)cc3)c2)CC1. The molecule has 0 fully saturated rings. The van der Waals surface area contributed by atoms with Gasteiger partial charge in [-0.05, 0) is 53.1 Å². The summed E-state index contributed by atoms with van der Waals surface area (Å²) in [5.41, 5.74) is 20.2. The Kier molecular flexibility index (Phi) is 6.50. The van der Waals surface area contributed by atoms with Crippen molar-refractivity contribution in [3.05, 3.63) is 57.8 Å². The van der Waals surface area contributed by atoms with E-state index in [1.807, 2.05) is 40.6 Å². The Balaban J connectivity index is 1.58. The van der Waals surface area contributed by atoms with Crippen LogP contribution in [-0.4, -0.2) is 42.4 Å². The van der Waals surface area contributed by atoms with E-state index in [0.29, 0.717) is 24.5 Å². The van der Waals surface area contributed by atoms with Crippen molar-refractivity contribution in [2.24, 2.45) is 22.2 Å². The summed E-state index contributed by atoms with van der Waals surface area (Å²) in [5, 5.41) is 12.4. The number of rotatable bonds is 6. The van der Waals surface area contributed by atoms with Crippen LogP contribution in [0.25, 0.3) is 5.57 Å². The van der Waals surface area contributed by atoms with Gasteiger partial charge < -0.3 is 27.4 Å². The molecule has 152 valence electrons. The first kappa shape index (κ1) is 20.4. The third-order valence-electron chi connectivity index (χ3n) is 4.65. The number of guanidine groups is 2. The largest absolute Gasteiger partial charge is 0.370 e. The van der Waals surface area contributed by atoms with Gasteiger partial charge in [-0.2, -0.15) is 0 Å². The zero-order valence-electron chi connectivity index (χ0n) is 16.0. The third kappa shape index (κ3) is 5.58. The van der Waals surface area contributed by atoms with Crippen LogP contribution in [-0.2, 0) is 6.42 Å². The minimum atomic E-state index is -0.128. The number of anilines is 1. The van der Waals surface area contributed by atoms with Gasteiger partial charge in [0.2, 0.25) is 0 Å². The lowest BCUT2D eigenvalue weighted by molar-refractivity contribution is 0.103. The molecule has 0 radical (unpaired) electrons. The van der Waals surface area contributed by atoms with E-state index in [1.54, 1.807) is 0 Å². The van der Waals surface area contributed by atoms with Crippen LogP contribution < -0.4 is 22.5 Å². The number of carbonyl (C=O) groups is 1. The minimum Gasteiger partial charge on any atom is -0.370 e. The summed E-state index contributed by atoms with van der Waals surface area (Å²) in [6.07, 6.45) is 3.60. The summed E-state index contributed by atoms with van der Waals surface area (Å²) in [7, 11) is 0. The van der Waals surface area contributed by atoms with E-state index in [2.05, 4.69) is 16.4 Å². The molecule has 1 aliphatic heterocycles. The predicted octanol–water partition coefficient (Wildman–Crippen LogP) is 1.80. The number of amides is 1. The number of hydrogen-bond acceptors (Lipinski definition) is 4. The molecular weight excluding hydrogens is 386 g/mol. The van der Waals surface area contributed by atoms with Crippen molar-refractivity contribution in [3.8, 4) is 0 Å². The molecule has 8 nitrogen and oxygen atoms in total. The number of thiophene rings is 1. The number of benzene rings is 1. The lowest BCUT2D eigenvalue weighted by atomic mass is 10.0. The minimum absolute atomic E-state index is 0.0874. The average Bonchev–Trinajstić information content (AvgIpc) is 3.19. The lowest BCUT2D eigenvalue weighted by Gasteiger charge is -2.26. The summed E-state index contributed by atoms with van der Waals surface area (Å²) < 4.78 is 0. The van der Waals surface area contributed by atoms with Crippen LogP contribution in [0.2, 0.25) is 0 Å². The topological polar surface area (TPSA) is 147 Å². The number of nitrogens with one attached hydrogen (secondary N) is 2. The molecule has 1 aromatic heterocycles. The van der Waals surface area contributed by atoms with Crippen molar-refractivity contribution in [3.63, 3.8) is 0 Å². The number of nitrogens with zero attached hydrogens (tertiary/aromatic N) is 2. The Labute approximate surface area is 173 Å². The summed E-state index contributed by atoms with van der Waals surface area (Å²) in [6, 6.07) is 9.56. The molecule has 3 rings (SSSR count). The van der Waals surface area contributed by atoms with Crippen molar-refractivity contribution in [1.82, 2.24) is 4.90 Å². The van der Waals surface area contributed by atoms with Gasteiger partial charge in [0.1, 0.15) is 0 Å². The third-order valence-corrected chi connectivity index (χ3v) is 5.58. The second-order valence-corrected chi connectivity index (χ2v) is 7.63. The first-order valence-electron chi connectivity index (χ1n) is 9.25. The van der Waals surface area contributed by atoms with Crippen LogP contribution in [0.15, 0.2) is 46.8 Å². The normalized spacial score (nSPS) is 13.5. The van der Waals surface area contributed by atoms with Crippen LogP contribution in [0.4, 0.5) is 5.69 Å². The maximum atomic E-state index is 12.6. The molecule has 2 aromatic rings. The van der Waals surface area contributed by atoms with Gasteiger partial charge in [0.25, 0.3) is 5.91 Å². The molecule has 1 aliphatic rings. The second kappa shape index (κ2) is 9.24. The van der Waals surface area contributed by atoms with E-state index in [-0.39, 0.29) is 17.8 Å². The predicted molar refractivity (Wildman–Crippen MR) is 119 cm³/mol. The monoisotopic (exact) mass is 411 g/mol. The highest BCUT2D eigenvalue weighted by molar-refractivity contribution is 7.12. The van der Waals surface area contributed by atoms with Crippen molar-refractivity contribution in [2.75, 3.05) is 25.0 Å². The zero-order valence-corrected chi connectivity index (χ0v) is 16.8. The van der Waals surface area contributed by atoms with E-state index >= 15 is 0 Å². The standard InChI is InChI=1S/C20H25N7OS/c21-19(22)25-8-5-13-1-3-16(4-2-13)26-18(28)17-11-15(12-29-17)14-6-9-27(10-7-14)20(23)24/h1-4,6,11-12H,5,7-10H2,(H3,23,24)(H,26,28)(H4,21,22,25). The van der Waals surface area contributed by atoms with Crippen molar-refractivity contribution in [2.45, 2.75) is 12.8 Å². The molecule has 29 heavy (non-hydrogen) atoms. The molecule has 0 saturated carbocycles. The highest BCUT2D eigenvalue weighted by Gasteiger charge is 2.16. The maximum Gasteiger partial charge on any atom is 0.265 e. The van der Waals surface area contributed by atoms with E-state index < -0.39 is 0 Å². The van der Waals surface area contributed by atoms with E-state index in [0.717, 1.165) is 29.7 Å². The summed E-state index contributed by atoms with van der Waals surface area (Å²) in [5.74, 6) is 0.0496. The first-order chi connectivity index (χ1) is 13.9. The second-order valence-electron chi connectivity index (χ2n) is 6.72. The number of nitrogens with two attached hydrogens (primary N) is 3. The maximum absolute atomic E-state index is 12.6. The zero-order chi connectivity index (χ0) is 20.8. The van der Waals surface area contributed by atoms with E-state index in [1.165, 1.54) is 16.9 Å². The molecule has 0 bridgehead atoms. The molecule has 0 unspecified atom stereocenters. The molecular formula is C20H25N7OS. The molecule has 0 atom stereocenters. The van der Waals surface area contributed by atoms with Gasteiger partial charge >= 0.3 is 0 Å². The molecule has 9 heteroatoms. The van der Waals surface area contributed by atoms with Crippen LogP contribution in [0.1, 0.15) is 27.2 Å². The van der Waals surface area contributed by atoms with Gasteiger partial charge in [0.05, 0.1) is 4.88 Å². The van der Waals surface area contributed by atoms with Gasteiger partial charge in [-0.3, -0.25) is 15.2 Å². The fraction of sp³-hybridized carbons (Fsp3) is 0.250. The summed E-state index contributed by atoms with van der Waals surface area (Å²) in [6.45, 7) is 1.87. The van der Waals surface area contributed by atoms with E-state index in [4.69, 9.17) is 22.6 Å². The molecule has 0 saturated heterocycles. The Bertz CT molecular complexity index is 942. The highest BCUT2D eigenvalue weighted by atomic mass is 32.1. The van der Waals surface area contributed by atoms with Gasteiger partial charge in [0.15, 0.2) is 11.9 Å². The van der Waals surface area contributed by atoms with Gasteiger partial charge in [0, 0.05) is 25.3 Å². The van der Waals surface area contributed by atoms with E-state index in [9.17, 15) is 4.79 Å². The Morgan fingerprint density at radius 3 is 2.62 bits per heavy atom. The van der Waals surface area contributed by atoms with Crippen molar-refractivity contribution < 1.29 is 4.79 Å². The van der Waals surface area contributed by atoms with Gasteiger partial charge in [-0.25, -0.2) is 0 Å². The highest BCUT2D eigenvalue weighted by Crippen LogP contribution is 2.27. The Hall–Kier alpha value is -3.33. The Morgan fingerprint density at radius 1 is 1.24 bits per heavy atom. The van der Waals surface area contributed by atoms with Gasteiger partial charge in [-0.1, -0.05) is 18.2 Å². The van der Waals surface area contributed by atoms with Crippen LogP contribution in [0.5, 0.6) is 0 Å². The van der Waals surface area contributed by atoms with Gasteiger partial charge in [-0.15, -0.1) is 11.3 Å². The average molecular weight is 412 g/mol. The number of carbonyl (C=O) groups excluding carboxylic acids is 1. The van der Waals surface area contributed by atoms with Crippen LogP contribution in [0.3, 0.4) is 0 Å². The molecule has 0 aliphatic carbocycles. The van der Waals surface area contributed by atoms with Crippen molar-refractivity contribution >= 4 is 40.4 Å².